The fourth-order valence-corrected chi connectivity index (χ4v) is 3.13. The fourth-order valence-electron chi connectivity index (χ4n) is 3.13. The second-order valence-corrected chi connectivity index (χ2v) is 5.70. The molecule has 1 saturated heterocycles. The first-order valence-corrected chi connectivity index (χ1v) is 7.31. The molecule has 19 heavy (non-hydrogen) atoms. The predicted molar refractivity (Wildman–Crippen MR) is 73.4 cm³/mol. The lowest BCUT2D eigenvalue weighted by atomic mass is 9.74. The third-order valence-electron chi connectivity index (χ3n) is 4.36. The van der Waals surface area contributed by atoms with Gasteiger partial charge < -0.3 is 14.6 Å². The van der Waals surface area contributed by atoms with Gasteiger partial charge in [0, 0.05) is 19.4 Å². The number of rotatable bonds is 4. The lowest BCUT2D eigenvalue weighted by Crippen LogP contribution is -2.48. The molecule has 3 rings (SSSR count). The smallest absolute Gasteiger partial charge is 0.122 e. The van der Waals surface area contributed by atoms with Crippen molar-refractivity contribution in [1.82, 2.24) is 0 Å². The van der Waals surface area contributed by atoms with E-state index in [9.17, 15) is 0 Å². The van der Waals surface area contributed by atoms with Crippen LogP contribution >= 0.6 is 0 Å². The molecule has 1 atom stereocenters. The number of para-hydroxylation sites is 1. The van der Waals surface area contributed by atoms with Crippen molar-refractivity contribution in [3.05, 3.63) is 29.8 Å². The molecule has 1 aliphatic heterocycles. The summed E-state index contributed by atoms with van der Waals surface area (Å²) >= 11 is 0. The van der Waals surface area contributed by atoms with Crippen LogP contribution < -0.4 is 4.74 Å². The SMILES string of the molecule is OCCc1ccccc1OC1CCOC2(CCC2)C1. The van der Waals surface area contributed by atoms with Crippen molar-refractivity contribution in [3.8, 4) is 5.75 Å². The summed E-state index contributed by atoms with van der Waals surface area (Å²) in [5.74, 6) is 0.929. The highest BCUT2D eigenvalue weighted by molar-refractivity contribution is 5.33. The van der Waals surface area contributed by atoms with Crippen molar-refractivity contribution >= 4 is 0 Å². The number of aliphatic hydroxyl groups is 1. The first kappa shape index (κ1) is 12.9. The molecular weight excluding hydrogens is 240 g/mol. The van der Waals surface area contributed by atoms with Crippen LogP contribution in [0.25, 0.3) is 0 Å². The van der Waals surface area contributed by atoms with Crippen LogP contribution in [0.4, 0.5) is 0 Å². The minimum absolute atomic E-state index is 0.120. The zero-order chi connectivity index (χ0) is 13.1. The van der Waals surface area contributed by atoms with Gasteiger partial charge in [-0.2, -0.15) is 0 Å². The van der Waals surface area contributed by atoms with E-state index in [0.717, 1.165) is 30.8 Å². The molecule has 0 aromatic heterocycles. The molecule has 1 aromatic carbocycles. The third-order valence-corrected chi connectivity index (χ3v) is 4.36. The van der Waals surface area contributed by atoms with Gasteiger partial charge in [0.05, 0.1) is 12.2 Å². The van der Waals surface area contributed by atoms with E-state index < -0.39 is 0 Å². The summed E-state index contributed by atoms with van der Waals surface area (Å²) in [6.07, 6.45) is 6.55. The van der Waals surface area contributed by atoms with Gasteiger partial charge in [-0.05, 0) is 37.3 Å². The summed E-state index contributed by atoms with van der Waals surface area (Å²) < 4.78 is 12.1. The van der Waals surface area contributed by atoms with E-state index in [4.69, 9.17) is 14.6 Å². The second kappa shape index (κ2) is 5.51. The molecule has 0 bridgehead atoms. The lowest BCUT2D eigenvalue weighted by Gasteiger charge is -2.47. The maximum absolute atomic E-state index is 9.10. The molecular formula is C16H22O3. The first-order chi connectivity index (χ1) is 9.31. The van der Waals surface area contributed by atoms with Gasteiger partial charge in [-0.1, -0.05) is 18.2 Å². The van der Waals surface area contributed by atoms with E-state index in [-0.39, 0.29) is 18.3 Å². The second-order valence-electron chi connectivity index (χ2n) is 5.70. The molecule has 1 N–H and O–H groups in total. The number of hydrogen-bond donors (Lipinski definition) is 1. The first-order valence-electron chi connectivity index (χ1n) is 7.31. The minimum atomic E-state index is 0.120. The van der Waals surface area contributed by atoms with Crippen molar-refractivity contribution in [2.75, 3.05) is 13.2 Å². The Morgan fingerprint density at radius 3 is 2.89 bits per heavy atom. The quantitative estimate of drug-likeness (QED) is 0.906. The Hall–Kier alpha value is -1.06. The minimum Gasteiger partial charge on any atom is -0.490 e. The van der Waals surface area contributed by atoms with Crippen LogP contribution in [0.2, 0.25) is 0 Å². The van der Waals surface area contributed by atoms with Gasteiger partial charge >= 0.3 is 0 Å². The van der Waals surface area contributed by atoms with Crippen LogP contribution in [0.1, 0.15) is 37.7 Å². The molecule has 104 valence electrons. The molecule has 2 fully saturated rings. The molecule has 3 heteroatoms. The van der Waals surface area contributed by atoms with Crippen LogP contribution in [0.3, 0.4) is 0 Å². The Morgan fingerprint density at radius 2 is 2.16 bits per heavy atom. The van der Waals surface area contributed by atoms with Crippen molar-refractivity contribution in [3.63, 3.8) is 0 Å². The Bertz CT molecular complexity index is 426. The molecule has 1 spiro atoms. The van der Waals surface area contributed by atoms with Gasteiger partial charge in [0.1, 0.15) is 11.9 Å². The van der Waals surface area contributed by atoms with Crippen molar-refractivity contribution in [2.24, 2.45) is 0 Å². The zero-order valence-corrected chi connectivity index (χ0v) is 11.3. The number of benzene rings is 1. The predicted octanol–water partition coefficient (Wildman–Crippen LogP) is 2.70. The molecule has 1 aliphatic carbocycles. The molecule has 2 aliphatic rings. The van der Waals surface area contributed by atoms with Gasteiger partial charge in [-0.3, -0.25) is 0 Å². The largest absolute Gasteiger partial charge is 0.490 e. The van der Waals surface area contributed by atoms with Crippen LogP contribution in [-0.2, 0) is 11.2 Å². The summed E-state index contributed by atoms with van der Waals surface area (Å²) in [5.41, 5.74) is 1.22. The number of hydrogen-bond acceptors (Lipinski definition) is 3. The number of aliphatic hydroxyl groups excluding tert-OH is 1. The number of ether oxygens (including phenoxy) is 2. The summed E-state index contributed by atoms with van der Waals surface area (Å²) in [7, 11) is 0. The Kier molecular flexibility index (Phi) is 3.76. The van der Waals surface area contributed by atoms with Gasteiger partial charge in [-0.15, -0.1) is 0 Å². The molecule has 1 unspecified atom stereocenters. The molecule has 0 amide bonds. The highest BCUT2D eigenvalue weighted by atomic mass is 16.5. The average molecular weight is 262 g/mol. The van der Waals surface area contributed by atoms with Crippen molar-refractivity contribution in [1.29, 1.82) is 0 Å². The standard InChI is InChI=1S/C16H22O3/c17-10-6-13-4-1-2-5-15(13)19-14-7-11-18-16(12-14)8-3-9-16/h1-2,4-5,14,17H,3,6-12H2. The zero-order valence-electron chi connectivity index (χ0n) is 11.3. The van der Waals surface area contributed by atoms with Gasteiger partial charge in [0.15, 0.2) is 0 Å². The monoisotopic (exact) mass is 262 g/mol. The summed E-state index contributed by atoms with van der Waals surface area (Å²) in [5, 5.41) is 9.10. The molecule has 1 heterocycles. The Labute approximate surface area is 114 Å². The van der Waals surface area contributed by atoms with E-state index in [1.807, 2.05) is 24.3 Å². The van der Waals surface area contributed by atoms with Crippen molar-refractivity contribution in [2.45, 2.75) is 50.2 Å². The average Bonchev–Trinajstić information content (AvgIpc) is 2.40. The third kappa shape index (κ3) is 2.77. The van der Waals surface area contributed by atoms with E-state index in [0.29, 0.717) is 6.42 Å². The highest BCUT2D eigenvalue weighted by Crippen LogP contribution is 2.43. The van der Waals surface area contributed by atoms with Gasteiger partial charge in [-0.25, -0.2) is 0 Å². The summed E-state index contributed by atoms with van der Waals surface area (Å²) in [4.78, 5) is 0. The molecule has 0 radical (unpaired) electrons. The lowest BCUT2D eigenvalue weighted by molar-refractivity contribution is -0.153. The van der Waals surface area contributed by atoms with Crippen LogP contribution in [-0.4, -0.2) is 30.0 Å². The molecule has 1 saturated carbocycles. The summed E-state index contributed by atoms with van der Waals surface area (Å²) in [6, 6.07) is 8.03. The Morgan fingerprint density at radius 1 is 1.32 bits per heavy atom. The maximum atomic E-state index is 9.10. The van der Waals surface area contributed by atoms with Crippen LogP contribution in [0, 0.1) is 0 Å². The van der Waals surface area contributed by atoms with E-state index in [2.05, 4.69) is 0 Å². The van der Waals surface area contributed by atoms with E-state index in [1.54, 1.807) is 0 Å². The topological polar surface area (TPSA) is 38.7 Å². The van der Waals surface area contributed by atoms with Gasteiger partial charge in [0.25, 0.3) is 0 Å². The fraction of sp³-hybridized carbons (Fsp3) is 0.625. The molecule has 3 nitrogen and oxygen atoms in total. The summed E-state index contributed by atoms with van der Waals surface area (Å²) in [6.45, 7) is 0.977. The van der Waals surface area contributed by atoms with E-state index >= 15 is 0 Å². The maximum Gasteiger partial charge on any atom is 0.122 e. The van der Waals surface area contributed by atoms with E-state index in [1.165, 1.54) is 19.3 Å². The normalized spacial score (nSPS) is 25.0. The highest BCUT2D eigenvalue weighted by Gasteiger charge is 2.43. The van der Waals surface area contributed by atoms with Crippen LogP contribution in [0.5, 0.6) is 5.75 Å². The van der Waals surface area contributed by atoms with Crippen molar-refractivity contribution < 1.29 is 14.6 Å². The Balaban J connectivity index is 1.67. The van der Waals surface area contributed by atoms with Gasteiger partial charge in [0.2, 0.25) is 0 Å². The van der Waals surface area contributed by atoms with Crippen LogP contribution in [0.15, 0.2) is 24.3 Å². The molecule has 1 aromatic rings.